The highest BCUT2D eigenvalue weighted by molar-refractivity contribution is 5.79. The fourth-order valence-electron chi connectivity index (χ4n) is 2.74. The maximum Gasteiger partial charge on any atom is 0.325 e. The number of imidazole rings is 1. The van der Waals surface area contributed by atoms with Crippen LogP contribution in [0.3, 0.4) is 0 Å². The lowest BCUT2D eigenvalue weighted by Crippen LogP contribution is -2.46. The van der Waals surface area contributed by atoms with Gasteiger partial charge in [0.2, 0.25) is 0 Å². The van der Waals surface area contributed by atoms with Crippen molar-refractivity contribution in [2.75, 3.05) is 6.61 Å². The van der Waals surface area contributed by atoms with Crippen LogP contribution in [0.5, 0.6) is 0 Å². The van der Waals surface area contributed by atoms with E-state index < -0.39 is 5.54 Å². The maximum atomic E-state index is 11.7. The molecule has 0 bridgehead atoms. The largest absolute Gasteiger partial charge is 0.465 e. The van der Waals surface area contributed by atoms with Crippen LogP contribution in [0.15, 0.2) is 6.33 Å². The van der Waals surface area contributed by atoms with Gasteiger partial charge in [-0.25, -0.2) is 4.98 Å². The minimum atomic E-state index is -0.892. The van der Waals surface area contributed by atoms with Gasteiger partial charge in [-0.05, 0) is 52.4 Å². The lowest BCUT2D eigenvalue weighted by molar-refractivity contribution is -0.149. The van der Waals surface area contributed by atoms with E-state index in [0.717, 1.165) is 25.8 Å². The van der Waals surface area contributed by atoms with E-state index in [0.29, 0.717) is 13.0 Å². The van der Waals surface area contributed by atoms with Crippen LogP contribution in [0.25, 0.3) is 0 Å². The van der Waals surface area contributed by atoms with Crippen molar-refractivity contribution >= 4 is 5.97 Å². The number of nitrogens with zero attached hydrogens (tertiary/aromatic N) is 2. The van der Waals surface area contributed by atoms with Gasteiger partial charge in [0, 0.05) is 12.2 Å². The van der Waals surface area contributed by atoms with E-state index in [1.165, 1.54) is 24.2 Å². The van der Waals surface area contributed by atoms with E-state index in [-0.39, 0.29) is 5.97 Å². The van der Waals surface area contributed by atoms with Gasteiger partial charge in [0.1, 0.15) is 5.54 Å². The van der Waals surface area contributed by atoms with Crippen molar-refractivity contribution in [2.45, 2.75) is 64.5 Å². The lowest BCUT2D eigenvalue weighted by atomic mass is 9.97. The topological polar surface area (TPSA) is 70.1 Å². The van der Waals surface area contributed by atoms with E-state index in [1.54, 1.807) is 13.8 Å². The van der Waals surface area contributed by atoms with Crippen LogP contribution in [0.1, 0.15) is 50.9 Å². The van der Waals surface area contributed by atoms with E-state index in [4.69, 9.17) is 10.5 Å². The fourth-order valence-corrected chi connectivity index (χ4v) is 2.74. The molecule has 0 radical (unpaired) electrons. The van der Waals surface area contributed by atoms with Crippen LogP contribution in [0.2, 0.25) is 0 Å². The summed E-state index contributed by atoms with van der Waals surface area (Å²) in [4.78, 5) is 16.2. The van der Waals surface area contributed by atoms with Crippen LogP contribution < -0.4 is 5.73 Å². The van der Waals surface area contributed by atoms with Crippen molar-refractivity contribution in [3.05, 3.63) is 17.7 Å². The normalized spacial score (nSPS) is 17.4. The Kier molecular flexibility index (Phi) is 4.81. The second-order valence-electron chi connectivity index (χ2n) is 5.78. The second kappa shape index (κ2) is 6.39. The Morgan fingerprint density at radius 1 is 1.50 bits per heavy atom. The highest BCUT2D eigenvalue weighted by Gasteiger charge is 2.29. The average molecular weight is 279 g/mol. The highest BCUT2D eigenvalue weighted by atomic mass is 16.5. The number of hydrogen-bond acceptors (Lipinski definition) is 4. The summed E-state index contributed by atoms with van der Waals surface area (Å²) >= 11 is 0. The molecule has 1 heterocycles. The molecule has 0 saturated carbocycles. The molecule has 1 atom stereocenters. The SMILES string of the molecule is CCOC(=O)C(C)(N)CCCn1cnc2c1CCCC2. The number of aryl methyl sites for hydroxylation is 2. The molecule has 1 aliphatic rings. The number of fused-ring (bicyclic) bond motifs is 1. The van der Waals surface area contributed by atoms with Crippen molar-refractivity contribution in [1.82, 2.24) is 9.55 Å². The van der Waals surface area contributed by atoms with Crippen molar-refractivity contribution in [3.8, 4) is 0 Å². The quantitative estimate of drug-likeness (QED) is 0.806. The summed E-state index contributed by atoms with van der Waals surface area (Å²) < 4.78 is 7.22. The first kappa shape index (κ1) is 15.0. The summed E-state index contributed by atoms with van der Waals surface area (Å²) in [6, 6.07) is 0. The second-order valence-corrected chi connectivity index (χ2v) is 5.78. The molecular weight excluding hydrogens is 254 g/mol. The molecule has 2 rings (SSSR count). The smallest absolute Gasteiger partial charge is 0.325 e. The number of carbonyl (C=O) groups is 1. The molecule has 112 valence electrons. The summed E-state index contributed by atoms with van der Waals surface area (Å²) in [5, 5.41) is 0. The highest BCUT2D eigenvalue weighted by Crippen LogP contribution is 2.21. The molecule has 0 aromatic carbocycles. The number of esters is 1. The zero-order valence-electron chi connectivity index (χ0n) is 12.5. The molecule has 5 heteroatoms. The van der Waals surface area contributed by atoms with Gasteiger partial charge in [0.05, 0.1) is 18.6 Å². The van der Waals surface area contributed by atoms with Crippen LogP contribution >= 0.6 is 0 Å². The van der Waals surface area contributed by atoms with Crippen LogP contribution in [-0.2, 0) is 28.9 Å². The predicted molar refractivity (Wildman–Crippen MR) is 77.3 cm³/mol. The third-order valence-corrected chi connectivity index (χ3v) is 3.95. The zero-order valence-corrected chi connectivity index (χ0v) is 12.5. The molecule has 0 aliphatic heterocycles. The average Bonchev–Trinajstić information content (AvgIpc) is 2.82. The molecule has 0 amide bonds. The first-order valence-electron chi connectivity index (χ1n) is 7.53. The first-order valence-corrected chi connectivity index (χ1v) is 7.53. The van der Waals surface area contributed by atoms with E-state index in [2.05, 4.69) is 9.55 Å². The summed E-state index contributed by atoms with van der Waals surface area (Å²) in [5.41, 5.74) is 7.75. The fraction of sp³-hybridized carbons (Fsp3) is 0.733. The van der Waals surface area contributed by atoms with Gasteiger partial charge in [-0.15, -0.1) is 0 Å². The van der Waals surface area contributed by atoms with Gasteiger partial charge in [-0.3, -0.25) is 4.79 Å². The molecule has 1 aromatic rings. The Bertz CT molecular complexity index is 466. The van der Waals surface area contributed by atoms with E-state index in [1.807, 2.05) is 6.33 Å². The molecule has 20 heavy (non-hydrogen) atoms. The van der Waals surface area contributed by atoms with Gasteiger partial charge in [-0.1, -0.05) is 0 Å². The summed E-state index contributed by atoms with van der Waals surface area (Å²) in [6.45, 7) is 4.79. The minimum absolute atomic E-state index is 0.312. The summed E-state index contributed by atoms with van der Waals surface area (Å²) in [7, 11) is 0. The third-order valence-electron chi connectivity index (χ3n) is 3.95. The Morgan fingerprint density at radius 3 is 3.00 bits per heavy atom. The maximum absolute atomic E-state index is 11.7. The number of aromatic nitrogens is 2. The van der Waals surface area contributed by atoms with E-state index in [9.17, 15) is 4.79 Å². The van der Waals surface area contributed by atoms with Crippen molar-refractivity contribution in [3.63, 3.8) is 0 Å². The third kappa shape index (κ3) is 3.39. The number of nitrogens with two attached hydrogens (primary N) is 1. The van der Waals surface area contributed by atoms with Gasteiger partial charge in [-0.2, -0.15) is 0 Å². The molecule has 1 aromatic heterocycles. The van der Waals surface area contributed by atoms with Crippen LogP contribution in [-0.4, -0.2) is 27.7 Å². The molecular formula is C15H25N3O2. The van der Waals surface area contributed by atoms with Crippen LogP contribution in [0.4, 0.5) is 0 Å². The number of carbonyl (C=O) groups excluding carboxylic acids is 1. The standard InChI is InChI=1S/C15H25N3O2/c1-3-20-14(19)15(2,16)9-6-10-18-11-17-12-7-4-5-8-13(12)18/h11H,3-10,16H2,1-2H3. The molecule has 2 N–H and O–H groups in total. The Hall–Kier alpha value is -1.36. The summed E-state index contributed by atoms with van der Waals surface area (Å²) in [5.74, 6) is -0.312. The number of hydrogen-bond donors (Lipinski definition) is 1. The molecule has 5 nitrogen and oxygen atoms in total. The molecule has 1 aliphatic carbocycles. The van der Waals surface area contributed by atoms with Crippen LogP contribution in [0, 0.1) is 0 Å². The lowest BCUT2D eigenvalue weighted by Gasteiger charge is -2.22. The predicted octanol–water partition coefficient (Wildman–Crippen LogP) is 1.82. The van der Waals surface area contributed by atoms with Gasteiger partial charge in [0.25, 0.3) is 0 Å². The van der Waals surface area contributed by atoms with E-state index >= 15 is 0 Å². The Labute approximate surface area is 120 Å². The molecule has 0 fully saturated rings. The zero-order chi connectivity index (χ0) is 14.6. The molecule has 0 spiro atoms. The Morgan fingerprint density at radius 2 is 2.25 bits per heavy atom. The van der Waals surface area contributed by atoms with Crippen molar-refractivity contribution < 1.29 is 9.53 Å². The number of rotatable bonds is 6. The Balaban J connectivity index is 1.87. The van der Waals surface area contributed by atoms with Gasteiger partial charge < -0.3 is 15.0 Å². The molecule has 1 unspecified atom stereocenters. The monoisotopic (exact) mass is 279 g/mol. The van der Waals surface area contributed by atoms with Gasteiger partial charge >= 0.3 is 5.97 Å². The van der Waals surface area contributed by atoms with Crippen molar-refractivity contribution in [1.29, 1.82) is 0 Å². The van der Waals surface area contributed by atoms with Gasteiger partial charge in [0.15, 0.2) is 0 Å². The minimum Gasteiger partial charge on any atom is -0.465 e. The summed E-state index contributed by atoms with van der Waals surface area (Å²) in [6.07, 6.45) is 8.11. The number of ether oxygens (including phenoxy) is 1. The first-order chi connectivity index (χ1) is 9.54. The molecule has 0 saturated heterocycles. The van der Waals surface area contributed by atoms with Crippen molar-refractivity contribution in [2.24, 2.45) is 5.73 Å².